The van der Waals surface area contributed by atoms with Crippen LogP contribution in [0.2, 0.25) is 0 Å². The normalized spacial score (nSPS) is 10.2. The summed E-state index contributed by atoms with van der Waals surface area (Å²) in [5.74, 6) is 1.43. The fraction of sp³-hybridized carbons (Fsp3) is 0.273. The van der Waals surface area contributed by atoms with Crippen LogP contribution < -0.4 is 10.1 Å². The molecule has 17 heavy (non-hydrogen) atoms. The molecule has 0 bridgehead atoms. The zero-order chi connectivity index (χ0) is 12.1. The van der Waals surface area contributed by atoms with E-state index in [1.54, 1.807) is 7.11 Å². The molecule has 5 nitrogen and oxygen atoms in total. The molecule has 0 saturated carbocycles. The molecule has 0 aliphatic rings. The molecule has 1 heterocycles. The lowest BCUT2D eigenvalue weighted by Crippen LogP contribution is -2.01. The third kappa shape index (κ3) is 2.88. The van der Waals surface area contributed by atoms with Crippen molar-refractivity contribution >= 4 is 17.6 Å². The van der Waals surface area contributed by atoms with Gasteiger partial charge in [0.1, 0.15) is 11.6 Å². The van der Waals surface area contributed by atoms with Gasteiger partial charge in [0, 0.05) is 12.1 Å². The monoisotopic (exact) mass is 253 g/mol. The number of para-hydroxylation sites is 1. The van der Waals surface area contributed by atoms with Crippen molar-refractivity contribution in [1.82, 2.24) is 10.2 Å². The van der Waals surface area contributed by atoms with Crippen LogP contribution in [0.4, 0.5) is 6.01 Å². The number of nitrogens with zero attached hydrogens (tertiary/aromatic N) is 2. The first-order valence-corrected chi connectivity index (χ1v) is 5.61. The number of hydrogen-bond donors (Lipinski definition) is 1. The van der Waals surface area contributed by atoms with Gasteiger partial charge in [-0.2, -0.15) is 0 Å². The van der Waals surface area contributed by atoms with E-state index in [4.69, 9.17) is 20.8 Å². The van der Waals surface area contributed by atoms with Crippen molar-refractivity contribution in [3.63, 3.8) is 0 Å². The Morgan fingerprint density at radius 1 is 1.35 bits per heavy atom. The number of aromatic nitrogens is 2. The highest BCUT2D eigenvalue weighted by atomic mass is 35.5. The lowest BCUT2D eigenvalue weighted by molar-refractivity contribution is 0.410. The molecule has 0 spiro atoms. The van der Waals surface area contributed by atoms with Crippen LogP contribution in [0.25, 0.3) is 0 Å². The van der Waals surface area contributed by atoms with Crippen molar-refractivity contribution in [3.05, 3.63) is 35.7 Å². The van der Waals surface area contributed by atoms with Gasteiger partial charge in [-0.05, 0) is 6.07 Å². The molecular formula is C11H12ClN3O2. The minimum atomic E-state index is 0.212. The fourth-order valence-electron chi connectivity index (χ4n) is 1.40. The molecule has 0 saturated heterocycles. The molecule has 2 rings (SSSR count). The molecular weight excluding hydrogens is 242 g/mol. The second-order valence-electron chi connectivity index (χ2n) is 3.30. The predicted molar refractivity (Wildman–Crippen MR) is 64.2 cm³/mol. The highest BCUT2D eigenvalue weighted by Crippen LogP contribution is 2.18. The molecule has 0 atom stereocenters. The zero-order valence-corrected chi connectivity index (χ0v) is 10.1. The summed E-state index contributed by atoms with van der Waals surface area (Å²) in [5.41, 5.74) is 1.01. The summed E-state index contributed by atoms with van der Waals surface area (Å²) in [6, 6.07) is 8.07. The summed E-state index contributed by atoms with van der Waals surface area (Å²) in [4.78, 5) is 0. The summed E-state index contributed by atoms with van der Waals surface area (Å²) >= 11 is 5.56. The van der Waals surface area contributed by atoms with Crippen molar-refractivity contribution in [2.75, 3.05) is 12.4 Å². The van der Waals surface area contributed by atoms with E-state index in [0.717, 1.165) is 11.3 Å². The van der Waals surface area contributed by atoms with Crippen molar-refractivity contribution in [1.29, 1.82) is 0 Å². The number of alkyl halides is 1. The van der Waals surface area contributed by atoms with Crippen molar-refractivity contribution in [2.45, 2.75) is 12.4 Å². The van der Waals surface area contributed by atoms with Crippen LogP contribution in [0, 0.1) is 0 Å². The molecule has 0 amide bonds. The van der Waals surface area contributed by atoms with E-state index in [2.05, 4.69) is 15.5 Å². The summed E-state index contributed by atoms with van der Waals surface area (Å²) in [5, 5.41) is 10.6. The van der Waals surface area contributed by atoms with Crippen molar-refractivity contribution in [3.8, 4) is 5.75 Å². The van der Waals surface area contributed by atoms with Gasteiger partial charge in [-0.3, -0.25) is 0 Å². The molecule has 0 unspecified atom stereocenters. The molecule has 0 radical (unpaired) electrons. The summed E-state index contributed by atoms with van der Waals surface area (Å²) in [6.07, 6.45) is 0. The maximum absolute atomic E-state index is 5.56. The lowest BCUT2D eigenvalue weighted by Gasteiger charge is -2.07. The average molecular weight is 254 g/mol. The number of methoxy groups -OCH3 is 1. The third-order valence-electron chi connectivity index (χ3n) is 2.20. The first-order chi connectivity index (χ1) is 8.33. The van der Waals surface area contributed by atoms with Gasteiger partial charge in [-0.1, -0.05) is 23.3 Å². The van der Waals surface area contributed by atoms with E-state index in [0.29, 0.717) is 18.5 Å². The maximum Gasteiger partial charge on any atom is 0.315 e. The topological polar surface area (TPSA) is 60.2 Å². The van der Waals surface area contributed by atoms with Crippen LogP contribution in [0.5, 0.6) is 5.75 Å². The molecule has 2 aromatic rings. The van der Waals surface area contributed by atoms with Crippen LogP contribution in [0.3, 0.4) is 0 Å². The first kappa shape index (κ1) is 11.7. The molecule has 1 aromatic carbocycles. The second kappa shape index (κ2) is 5.54. The Hall–Kier alpha value is -1.75. The molecule has 0 fully saturated rings. The number of benzene rings is 1. The largest absolute Gasteiger partial charge is 0.496 e. The Kier molecular flexibility index (Phi) is 3.82. The number of rotatable bonds is 5. The van der Waals surface area contributed by atoms with Crippen molar-refractivity contribution < 1.29 is 9.15 Å². The van der Waals surface area contributed by atoms with Crippen molar-refractivity contribution in [2.24, 2.45) is 0 Å². The molecule has 0 aliphatic heterocycles. The zero-order valence-electron chi connectivity index (χ0n) is 9.31. The maximum atomic E-state index is 5.56. The van der Waals surface area contributed by atoms with Crippen LogP contribution in [-0.2, 0) is 12.4 Å². The molecule has 1 aromatic heterocycles. The van der Waals surface area contributed by atoms with Gasteiger partial charge in [0.25, 0.3) is 0 Å². The number of ether oxygens (including phenoxy) is 1. The minimum absolute atomic E-state index is 0.212. The Balaban J connectivity index is 2.01. The van der Waals surface area contributed by atoms with Crippen LogP contribution in [0.1, 0.15) is 11.5 Å². The standard InChI is InChI=1S/C11H12ClN3O2/c1-16-9-5-3-2-4-8(9)7-13-11-15-14-10(6-12)17-11/h2-5H,6-7H2,1H3,(H,13,15). The van der Waals surface area contributed by atoms with Crippen LogP contribution in [0.15, 0.2) is 28.7 Å². The molecule has 90 valence electrons. The Morgan fingerprint density at radius 3 is 2.88 bits per heavy atom. The third-order valence-corrected chi connectivity index (χ3v) is 2.43. The van der Waals surface area contributed by atoms with Gasteiger partial charge in [0.05, 0.1) is 7.11 Å². The summed E-state index contributed by atoms with van der Waals surface area (Å²) in [6.45, 7) is 0.550. The quantitative estimate of drug-likeness (QED) is 0.830. The molecule has 0 aliphatic carbocycles. The summed E-state index contributed by atoms with van der Waals surface area (Å²) < 4.78 is 10.5. The van der Waals surface area contributed by atoms with E-state index in [9.17, 15) is 0 Å². The van der Waals surface area contributed by atoms with Crippen LogP contribution >= 0.6 is 11.6 Å². The highest BCUT2D eigenvalue weighted by molar-refractivity contribution is 6.16. The van der Waals surface area contributed by atoms with Gasteiger partial charge in [-0.15, -0.1) is 16.7 Å². The smallest absolute Gasteiger partial charge is 0.315 e. The second-order valence-corrected chi connectivity index (χ2v) is 3.57. The Morgan fingerprint density at radius 2 is 2.18 bits per heavy atom. The Labute approximate surface area is 104 Å². The lowest BCUT2D eigenvalue weighted by atomic mass is 10.2. The van der Waals surface area contributed by atoms with Gasteiger partial charge in [-0.25, -0.2) is 0 Å². The number of anilines is 1. The van der Waals surface area contributed by atoms with Gasteiger partial charge < -0.3 is 14.5 Å². The first-order valence-electron chi connectivity index (χ1n) is 5.07. The number of halogens is 1. The van der Waals surface area contributed by atoms with E-state index in [1.807, 2.05) is 24.3 Å². The fourth-order valence-corrected chi connectivity index (χ4v) is 1.51. The Bertz CT molecular complexity index is 487. The SMILES string of the molecule is COc1ccccc1CNc1nnc(CCl)o1. The highest BCUT2D eigenvalue weighted by Gasteiger charge is 2.06. The van der Waals surface area contributed by atoms with Gasteiger partial charge in [0.15, 0.2) is 0 Å². The van der Waals surface area contributed by atoms with Gasteiger partial charge in [0.2, 0.25) is 5.89 Å². The predicted octanol–water partition coefficient (Wildman–Crippen LogP) is 2.43. The number of nitrogens with one attached hydrogen (secondary N) is 1. The van der Waals surface area contributed by atoms with E-state index in [1.165, 1.54) is 0 Å². The van der Waals surface area contributed by atoms with E-state index < -0.39 is 0 Å². The van der Waals surface area contributed by atoms with Gasteiger partial charge >= 0.3 is 6.01 Å². The molecule has 6 heteroatoms. The summed E-state index contributed by atoms with van der Waals surface area (Å²) in [7, 11) is 1.64. The minimum Gasteiger partial charge on any atom is -0.496 e. The number of hydrogen-bond acceptors (Lipinski definition) is 5. The molecule has 1 N–H and O–H groups in total. The average Bonchev–Trinajstić information content (AvgIpc) is 2.84. The van der Waals surface area contributed by atoms with E-state index in [-0.39, 0.29) is 5.88 Å². The van der Waals surface area contributed by atoms with Crippen LogP contribution in [-0.4, -0.2) is 17.3 Å². The van der Waals surface area contributed by atoms with E-state index >= 15 is 0 Å².